The summed E-state index contributed by atoms with van der Waals surface area (Å²) in [6.07, 6.45) is -0.378. The highest BCUT2D eigenvalue weighted by molar-refractivity contribution is 5.79. The van der Waals surface area contributed by atoms with Crippen molar-refractivity contribution in [1.82, 2.24) is 15.3 Å². The lowest BCUT2D eigenvalue weighted by atomic mass is 10.0. The van der Waals surface area contributed by atoms with Crippen LogP contribution in [0, 0.1) is 5.92 Å². The Kier molecular flexibility index (Phi) is 5.24. The molecule has 1 aromatic rings. The molecule has 0 aliphatic heterocycles. The minimum Gasteiger partial charge on any atom is -0.481 e. The number of carbonyl (C=O) groups excluding carboxylic acids is 1. The van der Waals surface area contributed by atoms with Crippen LogP contribution in [0.1, 0.15) is 26.0 Å². The van der Waals surface area contributed by atoms with Gasteiger partial charge in [0, 0.05) is 17.8 Å². The molecule has 4 N–H and O–H groups in total. The smallest absolute Gasteiger partial charge is 0.325 e. The monoisotopic (exact) mass is 283 g/mol. The molecule has 0 saturated carbocycles. The van der Waals surface area contributed by atoms with Crippen LogP contribution >= 0.6 is 0 Å². The van der Waals surface area contributed by atoms with E-state index in [1.807, 2.05) is 4.98 Å². The summed E-state index contributed by atoms with van der Waals surface area (Å²) in [6.45, 7) is 3.59. The molecule has 1 unspecified atom stereocenters. The lowest BCUT2D eigenvalue weighted by molar-refractivity contribution is -0.138. The topological polar surface area (TPSA) is 132 Å². The summed E-state index contributed by atoms with van der Waals surface area (Å²) in [6, 6.07) is 0.608. The van der Waals surface area contributed by atoms with Crippen LogP contribution in [0.5, 0.6) is 0 Å². The fourth-order valence-corrected chi connectivity index (χ4v) is 1.69. The van der Waals surface area contributed by atoms with E-state index in [1.54, 1.807) is 13.8 Å². The number of hydrogen-bond donors (Lipinski definition) is 4. The van der Waals surface area contributed by atoms with Crippen LogP contribution in [0.2, 0.25) is 0 Å². The summed E-state index contributed by atoms with van der Waals surface area (Å²) >= 11 is 0. The molecule has 0 aliphatic carbocycles. The zero-order valence-electron chi connectivity index (χ0n) is 11.2. The molecule has 0 aliphatic rings. The molecule has 1 heterocycles. The van der Waals surface area contributed by atoms with Crippen molar-refractivity contribution in [2.24, 2.45) is 5.92 Å². The van der Waals surface area contributed by atoms with Gasteiger partial charge in [-0.1, -0.05) is 13.8 Å². The first kappa shape index (κ1) is 15.7. The Labute approximate surface area is 114 Å². The molecule has 1 aromatic heterocycles. The summed E-state index contributed by atoms with van der Waals surface area (Å²) in [4.78, 5) is 49.0. The van der Waals surface area contributed by atoms with Crippen molar-refractivity contribution >= 4 is 11.9 Å². The number of hydrogen-bond acceptors (Lipinski definition) is 4. The first-order chi connectivity index (χ1) is 9.27. The lowest BCUT2D eigenvalue weighted by Gasteiger charge is -2.20. The highest BCUT2D eigenvalue weighted by Crippen LogP contribution is 2.06. The fourth-order valence-electron chi connectivity index (χ4n) is 1.69. The highest BCUT2D eigenvalue weighted by atomic mass is 16.4. The van der Waals surface area contributed by atoms with Gasteiger partial charge >= 0.3 is 11.7 Å². The Morgan fingerprint density at radius 3 is 2.45 bits per heavy atom. The molecule has 110 valence electrons. The predicted octanol–water partition coefficient (Wildman–Crippen LogP) is -0.779. The summed E-state index contributed by atoms with van der Waals surface area (Å²) in [7, 11) is 0. The standard InChI is InChI=1S/C12H17N3O5/c1-6(2)8(5-11(18)19)14-9(16)3-7-4-10(17)15-12(20)13-7/h4,6,8H,3,5H2,1-2H3,(H,14,16)(H,18,19)(H2,13,15,17,20). The van der Waals surface area contributed by atoms with Crippen molar-refractivity contribution in [2.75, 3.05) is 0 Å². The average molecular weight is 283 g/mol. The van der Waals surface area contributed by atoms with Gasteiger partial charge in [-0.15, -0.1) is 0 Å². The number of carboxylic acids is 1. The van der Waals surface area contributed by atoms with Crippen molar-refractivity contribution in [3.05, 3.63) is 32.6 Å². The maximum absolute atomic E-state index is 11.8. The number of nitrogens with one attached hydrogen (secondary N) is 3. The quantitative estimate of drug-likeness (QED) is 0.543. The highest BCUT2D eigenvalue weighted by Gasteiger charge is 2.19. The number of amides is 1. The predicted molar refractivity (Wildman–Crippen MR) is 70.4 cm³/mol. The zero-order chi connectivity index (χ0) is 15.3. The van der Waals surface area contributed by atoms with E-state index in [2.05, 4.69) is 10.3 Å². The Morgan fingerprint density at radius 2 is 1.95 bits per heavy atom. The number of carboxylic acid groups (broad SMARTS) is 1. The fraction of sp³-hybridized carbons (Fsp3) is 0.500. The molecule has 0 saturated heterocycles. The minimum atomic E-state index is -1.01. The Bertz CT molecular complexity index is 573. The van der Waals surface area contributed by atoms with E-state index in [-0.39, 0.29) is 24.5 Å². The second-order valence-electron chi connectivity index (χ2n) is 4.81. The first-order valence-electron chi connectivity index (χ1n) is 6.11. The summed E-state index contributed by atoms with van der Waals surface area (Å²) in [5.41, 5.74) is -1.11. The van der Waals surface area contributed by atoms with Gasteiger partial charge in [-0.05, 0) is 5.92 Å². The number of aromatic nitrogens is 2. The molecular weight excluding hydrogens is 266 g/mol. The number of aliphatic carboxylic acids is 1. The van der Waals surface area contributed by atoms with Crippen molar-refractivity contribution in [2.45, 2.75) is 32.7 Å². The lowest BCUT2D eigenvalue weighted by Crippen LogP contribution is -2.41. The van der Waals surface area contributed by atoms with Gasteiger partial charge in [-0.3, -0.25) is 19.4 Å². The third kappa shape index (κ3) is 5.09. The van der Waals surface area contributed by atoms with Crippen LogP contribution in [0.3, 0.4) is 0 Å². The van der Waals surface area contributed by atoms with Crippen molar-refractivity contribution in [3.8, 4) is 0 Å². The van der Waals surface area contributed by atoms with E-state index < -0.39 is 29.2 Å². The molecule has 20 heavy (non-hydrogen) atoms. The van der Waals surface area contributed by atoms with E-state index in [0.717, 1.165) is 6.07 Å². The van der Waals surface area contributed by atoms with E-state index in [4.69, 9.17) is 5.11 Å². The number of aromatic amines is 2. The summed E-state index contributed by atoms with van der Waals surface area (Å²) < 4.78 is 0. The minimum absolute atomic E-state index is 0.0479. The van der Waals surface area contributed by atoms with Crippen LogP contribution in [0.15, 0.2) is 15.7 Å². The van der Waals surface area contributed by atoms with E-state index in [1.165, 1.54) is 0 Å². The summed E-state index contributed by atoms with van der Waals surface area (Å²) in [5, 5.41) is 11.3. The van der Waals surface area contributed by atoms with E-state index >= 15 is 0 Å². The molecule has 8 nitrogen and oxygen atoms in total. The van der Waals surface area contributed by atoms with Gasteiger partial charge in [0.15, 0.2) is 0 Å². The molecule has 0 bridgehead atoms. The third-order valence-electron chi connectivity index (χ3n) is 2.71. The van der Waals surface area contributed by atoms with Gasteiger partial charge in [0.1, 0.15) is 0 Å². The van der Waals surface area contributed by atoms with Crippen LogP contribution in [0.25, 0.3) is 0 Å². The molecule has 1 amide bonds. The molecule has 0 fully saturated rings. The number of H-pyrrole nitrogens is 2. The molecule has 1 rings (SSSR count). The Balaban J connectivity index is 2.72. The van der Waals surface area contributed by atoms with Gasteiger partial charge in [0.25, 0.3) is 5.56 Å². The second kappa shape index (κ2) is 6.69. The molecule has 8 heteroatoms. The van der Waals surface area contributed by atoms with Crippen LogP contribution in [-0.4, -0.2) is 33.0 Å². The van der Waals surface area contributed by atoms with E-state index in [0.29, 0.717) is 0 Å². The largest absolute Gasteiger partial charge is 0.481 e. The Morgan fingerprint density at radius 1 is 1.30 bits per heavy atom. The Hall–Kier alpha value is -2.38. The van der Waals surface area contributed by atoms with Crippen molar-refractivity contribution in [3.63, 3.8) is 0 Å². The van der Waals surface area contributed by atoms with Gasteiger partial charge < -0.3 is 15.4 Å². The van der Waals surface area contributed by atoms with Crippen LogP contribution in [-0.2, 0) is 16.0 Å². The zero-order valence-corrected chi connectivity index (χ0v) is 11.2. The molecule has 0 aromatic carbocycles. The third-order valence-corrected chi connectivity index (χ3v) is 2.71. The molecule has 0 spiro atoms. The van der Waals surface area contributed by atoms with Gasteiger partial charge in [0.05, 0.1) is 12.8 Å². The maximum Gasteiger partial charge on any atom is 0.325 e. The molecule has 1 atom stereocenters. The SMILES string of the molecule is CC(C)C(CC(=O)O)NC(=O)Cc1cc(=O)[nH]c(=O)[nH]1. The molecule has 0 radical (unpaired) electrons. The number of carbonyl (C=O) groups is 2. The van der Waals surface area contributed by atoms with E-state index in [9.17, 15) is 19.2 Å². The maximum atomic E-state index is 11.8. The second-order valence-corrected chi connectivity index (χ2v) is 4.81. The van der Waals surface area contributed by atoms with Crippen molar-refractivity contribution in [1.29, 1.82) is 0 Å². The van der Waals surface area contributed by atoms with Gasteiger partial charge in [-0.2, -0.15) is 0 Å². The average Bonchev–Trinajstić information content (AvgIpc) is 2.25. The van der Waals surface area contributed by atoms with Crippen LogP contribution in [0.4, 0.5) is 0 Å². The first-order valence-corrected chi connectivity index (χ1v) is 6.11. The van der Waals surface area contributed by atoms with Crippen molar-refractivity contribution < 1.29 is 14.7 Å². The van der Waals surface area contributed by atoms with Gasteiger partial charge in [-0.25, -0.2) is 4.79 Å². The van der Waals surface area contributed by atoms with Gasteiger partial charge in [0.2, 0.25) is 5.91 Å². The number of rotatable bonds is 6. The van der Waals surface area contributed by atoms with Crippen LogP contribution < -0.4 is 16.6 Å². The molecular formula is C12H17N3O5. The normalized spacial score (nSPS) is 12.2. The summed E-state index contributed by atoms with van der Waals surface area (Å²) in [5.74, 6) is -1.51.